The van der Waals surface area contributed by atoms with E-state index in [0.29, 0.717) is 13.2 Å². The van der Waals surface area contributed by atoms with Crippen molar-refractivity contribution in [1.82, 2.24) is 0 Å². The van der Waals surface area contributed by atoms with E-state index in [1.807, 2.05) is 6.92 Å². The third-order valence-electron chi connectivity index (χ3n) is 2.46. The zero-order valence-corrected chi connectivity index (χ0v) is 9.97. The largest absolute Gasteiger partial charge is 1.00 e. The zero-order valence-electron chi connectivity index (χ0n) is 8.38. The van der Waals surface area contributed by atoms with Crippen LogP contribution in [-0.2, 0) is 9.53 Å². The van der Waals surface area contributed by atoms with Crippen LogP contribution in [0, 0.1) is 0 Å². The van der Waals surface area contributed by atoms with Gasteiger partial charge in [-0.25, -0.2) is 4.79 Å². The molecule has 1 saturated heterocycles. The van der Waals surface area contributed by atoms with Crippen molar-refractivity contribution in [3.8, 4) is 0 Å². The van der Waals surface area contributed by atoms with Gasteiger partial charge in [0.15, 0.2) is 6.54 Å². The van der Waals surface area contributed by atoms with E-state index < -0.39 is 0 Å². The van der Waals surface area contributed by atoms with Gasteiger partial charge in [0, 0.05) is 12.8 Å². The van der Waals surface area contributed by atoms with Gasteiger partial charge in [0.25, 0.3) is 0 Å². The maximum Gasteiger partial charge on any atom is 0.361 e. The van der Waals surface area contributed by atoms with Crippen LogP contribution < -0.4 is 17.0 Å². The number of carbonyl (C=O) groups excluding carboxylic acids is 1. The summed E-state index contributed by atoms with van der Waals surface area (Å²) in [6.45, 7) is 5.15. The van der Waals surface area contributed by atoms with Gasteiger partial charge in [-0.05, 0) is 6.92 Å². The van der Waals surface area contributed by atoms with Gasteiger partial charge >= 0.3 is 5.97 Å². The molecule has 1 aliphatic heterocycles. The monoisotopic (exact) mass is 251 g/mol. The molecule has 4 heteroatoms. The van der Waals surface area contributed by atoms with Crippen LogP contribution in [0.5, 0.6) is 0 Å². The first-order valence-corrected chi connectivity index (χ1v) is 4.65. The highest BCUT2D eigenvalue weighted by molar-refractivity contribution is 5.70. The van der Waals surface area contributed by atoms with Gasteiger partial charge in [0.2, 0.25) is 0 Å². The zero-order chi connectivity index (χ0) is 9.03. The molecule has 0 unspecified atom stereocenters. The number of hydrogen-bond acceptors (Lipinski definition) is 2. The summed E-state index contributed by atoms with van der Waals surface area (Å²) < 4.78 is 5.79. The number of carbonyl (C=O) groups is 1. The number of quaternary nitrogens is 1. The number of ether oxygens (including phenoxy) is 1. The molecule has 1 fully saturated rings. The maximum atomic E-state index is 11.2. The first kappa shape index (κ1) is 12.9. The van der Waals surface area contributed by atoms with Crippen molar-refractivity contribution >= 4 is 5.97 Å². The average Bonchev–Trinajstić information content (AvgIpc) is 2.36. The van der Waals surface area contributed by atoms with Crippen LogP contribution in [0.2, 0.25) is 0 Å². The Morgan fingerprint density at radius 1 is 1.38 bits per heavy atom. The minimum atomic E-state index is -0.0538. The fourth-order valence-corrected chi connectivity index (χ4v) is 1.78. The van der Waals surface area contributed by atoms with Crippen LogP contribution in [-0.4, -0.2) is 43.7 Å². The van der Waals surface area contributed by atoms with Crippen molar-refractivity contribution < 1.29 is 31.0 Å². The minimum absolute atomic E-state index is 0. The number of esters is 1. The first-order chi connectivity index (χ1) is 5.66. The highest BCUT2D eigenvalue weighted by Crippen LogP contribution is 2.15. The molecule has 0 atom stereocenters. The molecule has 3 nitrogen and oxygen atoms in total. The van der Waals surface area contributed by atoms with E-state index in [1.165, 1.54) is 12.8 Å². The van der Waals surface area contributed by atoms with Crippen LogP contribution in [0.4, 0.5) is 0 Å². The number of halogens is 1. The third kappa shape index (κ3) is 4.09. The molecule has 0 aliphatic carbocycles. The molecule has 0 spiro atoms. The predicted molar refractivity (Wildman–Crippen MR) is 46.7 cm³/mol. The molecule has 1 rings (SSSR count). The molecule has 0 amide bonds. The molecule has 1 heterocycles. The summed E-state index contributed by atoms with van der Waals surface area (Å²) in [5.74, 6) is -0.0538. The molecule has 0 saturated carbocycles. The molecule has 78 valence electrons. The topological polar surface area (TPSA) is 26.3 Å². The van der Waals surface area contributed by atoms with E-state index in [-0.39, 0.29) is 23.0 Å². The Balaban J connectivity index is 0.00000144. The molecule has 0 N–H and O–H groups in total. The van der Waals surface area contributed by atoms with Gasteiger partial charge in [-0.2, -0.15) is 0 Å². The lowest BCUT2D eigenvalue weighted by Gasteiger charge is -2.27. The molecule has 0 radical (unpaired) electrons. The van der Waals surface area contributed by atoms with E-state index in [4.69, 9.17) is 4.74 Å². The van der Waals surface area contributed by atoms with Crippen LogP contribution in [0.3, 0.4) is 0 Å². The fraction of sp³-hybridized carbons (Fsp3) is 0.889. The predicted octanol–water partition coefficient (Wildman–Crippen LogP) is -2.21. The summed E-state index contributed by atoms with van der Waals surface area (Å²) in [6.07, 6.45) is 2.49. The minimum Gasteiger partial charge on any atom is -1.00 e. The van der Waals surface area contributed by atoms with Crippen molar-refractivity contribution in [1.29, 1.82) is 0 Å². The summed E-state index contributed by atoms with van der Waals surface area (Å²) in [5.41, 5.74) is 0. The third-order valence-corrected chi connectivity index (χ3v) is 2.46. The Morgan fingerprint density at radius 3 is 2.38 bits per heavy atom. The highest BCUT2D eigenvalue weighted by atomic mass is 79.9. The summed E-state index contributed by atoms with van der Waals surface area (Å²) in [4.78, 5) is 11.2. The quantitative estimate of drug-likeness (QED) is 0.421. The van der Waals surface area contributed by atoms with E-state index in [2.05, 4.69) is 7.05 Å². The van der Waals surface area contributed by atoms with Gasteiger partial charge in [0.05, 0.1) is 26.7 Å². The maximum absolute atomic E-state index is 11.2. The molecule has 0 aromatic rings. The van der Waals surface area contributed by atoms with E-state index in [0.717, 1.165) is 17.6 Å². The first-order valence-electron chi connectivity index (χ1n) is 4.65. The molecule has 0 bridgehead atoms. The SMILES string of the molecule is CCOC(=O)C[N+]1(C)CCCC1.[Br-]. The summed E-state index contributed by atoms with van der Waals surface area (Å²) in [5, 5.41) is 0. The molecule has 1 aliphatic rings. The van der Waals surface area contributed by atoms with Gasteiger partial charge in [-0.1, -0.05) is 0 Å². The van der Waals surface area contributed by atoms with Crippen LogP contribution >= 0.6 is 0 Å². The second-order valence-electron chi connectivity index (χ2n) is 3.74. The van der Waals surface area contributed by atoms with Crippen molar-refractivity contribution in [2.45, 2.75) is 19.8 Å². The van der Waals surface area contributed by atoms with Gasteiger partial charge in [0.1, 0.15) is 0 Å². The lowest BCUT2D eigenvalue weighted by Crippen LogP contribution is -3.00. The van der Waals surface area contributed by atoms with Crippen molar-refractivity contribution in [3.63, 3.8) is 0 Å². The van der Waals surface area contributed by atoms with Crippen molar-refractivity contribution in [2.24, 2.45) is 0 Å². The average molecular weight is 252 g/mol. The molecule has 0 aromatic carbocycles. The number of hydrogen-bond donors (Lipinski definition) is 0. The highest BCUT2D eigenvalue weighted by Gasteiger charge is 2.29. The molecular weight excluding hydrogens is 234 g/mol. The van der Waals surface area contributed by atoms with Crippen LogP contribution in [0.1, 0.15) is 19.8 Å². The summed E-state index contributed by atoms with van der Waals surface area (Å²) in [6, 6.07) is 0. The van der Waals surface area contributed by atoms with Crippen molar-refractivity contribution in [3.05, 3.63) is 0 Å². The lowest BCUT2D eigenvalue weighted by atomic mass is 10.4. The standard InChI is InChI=1S/C9H18NO2.BrH/c1-3-12-9(11)8-10(2)6-4-5-7-10;/h3-8H2,1-2H3;1H/q+1;/p-1. The number of rotatable bonds is 3. The van der Waals surface area contributed by atoms with Crippen LogP contribution in [0.25, 0.3) is 0 Å². The normalized spacial score (nSPS) is 19.2. The van der Waals surface area contributed by atoms with Gasteiger partial charge in [-0.3, -0.25) is 0 Å². The Bertz CT molecular complexity index is 167. The molecule has 13 heavy (non-hydrogen) atoms. The smallest absolute Gasteiger partial charge is 0.361 e. The van der Waals surface area contributed by atoms with E-state index in [1.54, 1.807) is 0 Å². The Morgan fingerprint density at radius 2 is 1.92 bits per heavy atom. The Kier molecular flexibility index (Phi) is 5.56. The van der Waals surface area contributed by atoms with E-state index in [9.17, 15) is 4.79 Å². The molecular formula is C9H18BrNO2. The van der Waals surface area contributed by atoms with Crippen LogP contribution in [0.15, 0.2) is 0 Å². The van der Waals surface area contributed by atoms with Crippen molar-refractivity contribution in [2.75, 3.05) is 33.3 Å². The summed E-state index contributed by atoms with van der Waals surface area (Å²) in [7, 11) is 2.13. The lowest BCUT2D eigenvalue weighted by molar-refractivity contribution is -0.890. The van der Waals surface area contributed by atoms with Gasteiger partial charge in [-0.15, -0.1) is 0 Å². The Labute approximate surface area is 90.4 Å². The summed E-state index contributed by atoms with van der Waals surface area (Å²) >= 11 is 0. The second kappa shape index (κ2) is 5.60. The fourth-order valence-electron chi connectivity index (χ4n) is 1.78. The van der Waals surface area contributed by atoms with Gasteiger partial charge < -0.3 is 26.2 Å². The van der Waals surface area contributed by atoms with E-state index >= 15 is 0 Å². The second-order valence-corrected chi connectivity index (χ2v) is 3.74. The Hall–Kier alpha value is -0.0900. The molecule has 0 aromatic heterocycles. The number of nitrogens with zero attached hydrogens (tertiary/aromatic N) is 1. The number of likely N-dealkylation sites (N-methyl/N-ethyl adjacent to an activating group) is 1. The number of likely N-dealkylation sites (tertiary alicyclic amines) is 1.